The first kappa shape index (κ1) is 14.4. The van der Waals surface area contributed by atoms with Crippen LogP contribution in [-0.4, -0.2) is 18.9 Å². The molecule has 0 radical (unpaired) electrons. The highest BCUT2D eigenvalue weighted by molar-refractivity contribution is 9.10. The number of Topliss-reactive ketones (excluding diaryl/α,β-unsaturated/α-hetero) is 1. The largest absolute Gasteiger partial charge is 0.468 e. The molecule has 1 unspecified atom stereocenters. The summed E-state index contributed by atoms with van der Waals surface area (Å²) >= 11 is 4.64. The first-order valence-electron chi connectivity index (χ1n) is 5.46. The quantitative estimate of drug-likeness (QED) is 0.456. The molecule has 0 amide bonds. The molecule has 17 heavy (non-hydrogen) atoms. The van der Waals surface area contributed by atoms with Gasteiger partial charge in [-0.15, -0.1) is 11.3 Å². The number of rotatable bonds is 6. The maximum absolute atomic E-state index is 12.2. The van der Waals surface area contributed by atoms with Gasteiger partial charge in [-0.25, -0.2) is 0 Å². The van der Waals surface area contributed by atoms with Crippen LogP contribution >= 0.6 is 27.3 Å². The number of ketones is 1. The summed E-state index contributed by atoms with van der Waals surface area (Å²) in [6.07, 6.45) is 2.35. The van der Waals surface area contributed by atoms with Gasteiger partial charge in [0, 0.05) is 9.85 Å². The summed E-state index contributed by atoms with van der Waals surface area (Å²) in [7, 11) is 1.32. The Morgan fingerprint density at radius 2 is 2.24 bits per heavy atom. The van der Waals surface area contributed by atoms with Crippen molar-refractivity contribution in [3.63, 3.8) is 0 Å². The van der Waals surface area contributed by atoms with Crippen molar-refractivity contribution in [1.82, 2.24) is 0 Å². The second kappa shape index (κ2) is 6.91. The smallest absolute Gasteiger partial charge is 0.316 e. The van der Waals surface area contributed by atoms with E-state index in [1.165, 1.54) is 18.4 Å². The Labute approximate surface area is 113 Å². The van der Waals surface area contributed by atoms with Crippen LogP contribution in [0.4, 0.5) is 0 Å². The fourth-order valence-corrected chi connectivity index (χ4v) is 2.94. The first-order valence-corrected chi connectivity index (χ1v) is 7.13. The van der Waals surface area contributed by atoms with Crippen LogP contribution < -0.4 is 0 Å². The molecule has 1 aromatic rings. The number of carbonyl (C=O) groups is 2. The van der Waals surface area contributed by atoms with Crippen LogP contribution in [0.1, 0.15) is 35.9 Å². The Balaban J connectivity index is 2.82. The summed E-state index contributed by atoms with van der Waals surface area (Å²) in [6, 6.07) is 1.74. The maximum atomic E-state index is 12.2. The molecule has 94 valence electrons. The molecular formula is C12H15BrO3S. The van der Waals surface area contributed by atoms with Gasteiger partial charge in [-0.2, -0.15) is 0 Å². The number of hydrogen-bond donors (Lipinski definition) is 0. The van der Waals surface area contributed by atoms with Crippen molar-refractivity contribution in [1.29, 1.82) is 0 Å². The highest BCUT2D eigenvalue weighted by Gasteiger charge is 2.28. The molecule has 0 N–H and O–H groups in total. The molecule has 1 aromatic heterocycles. The molecule has 1 rings (SSSR count). The summed E-state index contributed by atoms with van der Waals surface area (Å²) in [5.74, 6) is -1.24. The van der Waals surface area contributed by atoms with Gasteiger partial charge in [-0.05, 0) is 28.4 Å². The standard InChI is InChI=1S/C12H15BrO3S/c1-3-4-5-9(12(15)16-2)11(14)10-6-8(13)7-17-10/h6-7,9H,3-5H2,1-2H3. The van der Waals surface area contributed by atoms with Crippen LogP contribution in [0.5, 0.6) is 0 Å². The zero-order valence-corrected chi connectivity index (χ0v) is 12.3. The number of thiophene rings is 1. The van der Waals surface area contributed by atoms with E-state index >= 15 is 0 Å². The molecule has 0 aromatic carbocycles. The van der Waals surface area contributed by atoms with E-state index in [1.807, 2.05) is 12.3 Å². The van der Waals surface area contributed by atoms with Crippen molar-refractivity contribution in [2.24, 2.45) is 5.92 Å². The monoisotopic (exact) mass is 318 g/mol. The van der Waals surface area contributed by atoms with Crippen LogP contribution in [0.3, 0.4) is 0 Å². The fraction of sp³-hybridized carbons (Fsp3) is 0.500. The van der Waals surface area contributed by atoms with Crippen LogP contribution in [0.25, 0.3) is 0 Å². The van der Waals surface area contributed by atoms with Crippen molar-refractivity contribution in [3.05, 3.63) is 20.8 Å². The molecule has 0 fully saturated rings. The van der Waals surface area contributed by atoms with E-state index in [1.54, 1.807) is 6.07 Å². The van der Waals surface area contributed by atoms with E-state index in [0.717, 1.165) is 17.3 Å². The first-order chi connectivity index (χ1) is 8.10. The summed E-state index contributed by atoms with van der Waals surface area (Å²) in [6.45, 7) is 2.03. The maximum Gasteiger partial charge on any atom is 0.316 e. The van der Waals surface area contributed by atoms with Crippen LogP contribution in [0, 0.1) is 5.92 Å². The van der Waals surface area contributed by atoms with Crippen LogP contribution in [-0.2, 0) is 9.53 Å². The second-order valence-electron chi connectivity index (χ2n) is 3.71. The summed E-state index contributed by atoms with van der Waals surface area (Å²) in [5, 5.41) is 1.83. The molecule has 0 aliphatic carbocycles. The van der Waals surface area contributed by atoms with E-state index in [4.69, 9.17) is 4.74 Å². The number of carbonyl (C=O) groups excluding carboxylic acids is 2. The number of esters is 1. The summed E-state index contributed by atoms with van der Waals surface area (Å²) in [5.41, 5.74) is 0. The van der Waals surface area contributed by atoms with Gasteiger partial charge < -0.3 is 4.74 Å². The number of unbranched alkanes of at least 4 members (excludes halogenated alkanes) is 1. The average molecular weight is 319 g/mol. The van der Waals surface area contributed by atoms with E-state index in [2.05, 4.69) is 15.9 Å². The van der Waals surface area contributed by atoms with Gasteiger partial charge in [0.2, 0.25) is 0 Å². The highest BCUT2D eigenvalue weighted by atomic mass is 79.9. The van der Waals surface area contributed by atoms with Gasteiger partial charge in [0.25, 0.3) is 0 Å². The summed E-state index contributed by atoms with van der Waals surface area (Å²) < 4.78 is 5.56. The lowest BCUT2D eigenvalue weighted by Crippen LogP contribution is -2.24. The minimum absolute atomic E-state index is 0.138. The SMILES string of the molecule is CCCCC(C(=O)OC)C(=O)c1cc(Br)cs1. The van der Waals surface area contributed by atoms with Crippen molar-refractivity contribution in [3.8, 4) is 0 Å². The molecule has 0 aliphatic rings. The average Bonchev–Trinajstić information content (AvgIpc) is 2.75. The molecule has 0 saturated heterocycles. The number of methoxy groups -OCH3 is 1. The topological polar surface area (TPSA) is 43.4 Å². The third kappa shape index (κ3) is 3.92. The second-order valence-corrected chi connectivity index (χ2v) is 5.54. The van der Waals surface area contributed by atoms with Crippen molar-refractivity contribution in [2.75, 3.05) is 7.11 Å². The van der Waals surface area contributed by atoms with Gasteiger partial charge >= 0.3 is 5.97 Å². The highest BCUT2D eigenvalue weighted by Crippen LogP contribution is 2.25. The van der Waals surface area contributed by atoms with E-state index < -0.39 is 11.9 Å². The molecule has 5 heteroatoms. The number of hydrogen-bond acceptors (Lipinski definition) is 4. The molecule has 1 atom stereocenters. The van der Waals surface area contributed by atoms with Crippen LogP contribution in [0.2, 0.25) is 0 Å². The Bertz CT molecular complexity index is 400. The molecule has 0 spiro atoms. The van der Waals surface area contributed by atoms with Crippen LogP contribution in [0.15, 0.2) is 15.9 Å². The Morgan fingerprint density at radius 3 is 2.71 bits per heavy atom. The molecule has 3 nitrogen and oxygen atoms in total. The predicted molar refractivity (Wildman–Crippen MR) is 71.4 cm³/mol. The molecule has 1 heterocycles. The van der Waals surface area contributed by atoms with Gasteiger partial charge in [-0.3, -0.25) is 9.59 Å². The lowest BCUT2D eigenvalue weighted by Gasteiger charge is -2.11. The van der Waals surface area contributed by atoms with Gasteiger partial charge in [0.15, 0.2) is 5.78 Å². The molecule has 0 bridgehead atoms. The third-order valence-corrected chi connectivity index (χ3v) is 4.16. The fourth-order valence-electron chi connectivity index (χ4n) is 1.52. The lowest BCUT2D eigenvalue weighted by molar-refractivity contribution is -0.143. The van der Waals surface area contributed by atoms with Crippen molar-refractivity contribution >= 4 is 39.0 Å². The van der Waals surface area contributed by atoms with E-state index in [-0.39, 0.29) is 5.78 Å². The van der Waals surface area contributed by atoms with Gasteiger partial charge in [-0.1, -0.05) is 19.8 Å². The van der Waals surface area contributed by atoms with Gasteiger partial charge in [0.1, 0.15) is 5.92 Å². The minimum Gasteiger partial charge on any atom is -0.468 e. The minimum atomic E-state index is -0.662. The van der Waals surface area contributed by atoms with Crippen molar-refractivity contribution in [2.45, 2.75) is 26.2 Å². The molecule has 0 aliphatic heterocycles. The third-order valence-electron chi connectivity index (χ3n) is 2.46. The van der Waals surface area contributed by atoms with Crippen molar-refractivity contribution < 1.29 is 14.3 Å². The van der Waals surface area contributed by atoms with Gasteiger partial charge in [0.05, 0.1) is 12.0 Å². The Hall–Kier alpha value is -0.680. The summed E-state index contributed by atoms with van der Waals surface area (Å²) in [4.78, 5) is 24.3. The molecular weight excluding hydrogens is 304 g/mol. The number of halogens is 1. The van der Waals surface area contributed by atoms with E-state index in [0.29, 0.717) is 11.3 Å². The Morgan fingerprint density at radius 1 is 1.53 bits per heavy atom. The Kier molecular flexibility index (Phi) is 5.85. The predicted octanol–water partition coefficient (Wildman–Crippen LogP) is 3.67. The van der Waals surface area contributed by atoms with E-state index in [9.17, 15) is 9.59 Å². The lowest BCUT2D eigenvalue weighted by atomic mass is 9.96. The zero-order chi connectivity index (χ0) is 12.8. The normalized spacial score (nSPS) is 12.2. The number of ether oxygens (including phenoxy) is 1. The molecule has 0 saturated carbocycles. The zero-order valence-electron chi connectivity index (χ0n) is 9.86.